The molecule has 0 fully saturated rings. The third kappa shape index (κ3) is 1.71. The fourth-order valence-electron chi connectivity index (χ4n) is 1.08. The van der Waals surface area contributed by atoms with Crippen LogP contribution in [0.3, 0.4) is 0 Å². The van der Waals surface area contributed by atoms with Gasteiger partial charge < -0.3 is 0 Å². The maximum absolute atomic E-state index is 5.72. The number of thiophene rings is 1. The normalized spacial score (nSPS) is 10.3. The van der Waals surface area contributed by atoms with Crippen LogP contribution in [0.25, 0.3) is 10.6 Å². The minimum Gasteiger partial charge on any atom is -0.226 e. The molecule has 13 heavy (non-hydrogen) atoms. The van der Waals surface area contributed by atoms with Gasteiger partial charge in [-0.3, -0.25) is 0 Å². The highest BCUT2D eigenvalue weighted by molar-refractivity contribution is 7.13. The molecule has 0 amide bonds. The number of hydrogen-bond acceptors (Lipinski definition) is 3. The van der Waals surface area contributed by atoms with Gasteiger partial charge in [-0.25, -0.2) is 9.97 Å². The van der Waals surface area contributed by atoms with Crippen LogP contribution in [-0.2, 0) is 0 Å². The van der Waals surface area contributed by atoms with Crippen LogP contribution in [-0.4, -0.2) is 9.97 Å². The number of nitrogens with zero attached hydrogens (tertiary/aromatic N) is 2. The number of rotatable bonds is 1. The summed E-state index contributed by atoms with van der Waals surface area (Å²) < 4.78 is 0. The van der Waals surface area contributed by atoms with Gasteiger partial charge in [0.25, 0.3) is 0 Å². The lowest BCUT2D eigenvalue weighted by Crippen LogP contribution is -1.89. The van der Waals surface area contributed by atoms with Crippen LogP contribution in [0.5, 0.6) is 0 Å². The van der Waals surface area contributed by atoms with E-state index in [-0.39, 0.29) is 0 Å². The maximum atomic E-state index is 5.72. The zero-order valence-corrected chi connectivity index (χ0v) is 8.56. The van der Waals surface area contributed by atoms with Crippen molar-refractivity contribution in [2.45, 2.75) is 6.92 Å². The zero-order chi connectivity index (χ0) is 9.26. The third-order valence-corrected chi connectivity index (χ3v) is 2.76. The molecule has 0 aliphatic rings. The molecule has 2 aromatic rings. The van der Waals surface area contributed by atoms with Crippen LogP contribution in [0.1, 0.15) is 5.56 Å². The van der Waals surface area contributed by atoms with Gasteiger partial charge in [0, 0.05) is 6.20 Å². The monoisotopic (exact) mass is 210 g/mol. The predicted molar refractivity (Wildman–Crippen MR) is 55.1 cm³/mol. The molecular formula is C9H7ClN2S. The molecule has 0 saturated heterocycles. The van der Waals surface area contributed by atoms with Gasteiger partial charge in [0.1, 0.15) is 0 Å². The maximum Gasteiger partial charge on any atom is 0.222 e. The minimum atomic E-state index is 0.300. The Morgan fingerprint density at radius 3 is 3.00 bits per heavy atom. The van der Waals surface area contributed by atoms with Crippen LogP contribution in [0, 0.1) is 6.92 Å². The first-order valence-electron chi connectivity index (χ1n) is 3.80. The zero-order valence-electron chi connectivity index (χ0n) is 6.99. The second kappa shape index (κ2) is 3.44. The Bertz CT molecular complexity index is 412. The molecule has 2 heterocycles. The smallest absolute Gasteiger partial charge is 0.222 e. The van der Waals surface area contributed by atoms with Crippen molar-refractivity contribution in [1.29, 1.82) is 0 Å². The number of hydrogen-bond donors (Lipinski definition) is 0. The van der Waals surface area contributed by atoms with Crippen molar-refractivity contribution in [3.05, 3.63) is 34.6 Å². The summed E-state index contributed by atoms with van der Waals surface area (Å²) in [5, 5.41) is 2.32. The van der Waals surface area contributed by atoms with Crippen molar-refractivity contribution in [2.75, 3.05) is 0 Å². The second-order valence-electron chi connectivity index (χ2n) is 2.65. The SMILES string of the molecule is Cc1cnc(Cl)nc1-c1cccs1. The molecule has 0 bridgehead atoms. The van der Waals surface area contributed by atoms with Crippen LogP contribution in [0.4, 0.5) is 0 Å². The standard InChI is InChI=1S/C9H7ClN2S/c1-6-5-11-9(10)12-8(6)7-3-2-4-13-7/h2-5H,1H3. The van der Waals surface area contributed by atoms with E-state index in [9.17, 15) is 0 Å². The van der Waals surface area contributed by atoms with Crippen LogP contribution < -0.4 is 0 Å². The Hall–Kier alpha value is -0.930. The Morgan fingerprint density at radius 1 is 1.46 bits per heavy atom. The first-order chi connectivity index (χ1) is 6.27. The molecule has 2 rings (SSSR count). The molecular weight excluding hydrogens is 204 g/mol. The Balaban J connectivity index is 2.57. The van der Waals surface area contributed by atoms with Gasteiger partial charge in [0.05, 0.1) is 10.6 Å². The average molecular weight is 211 g/mol. The molecule has 0 aliphatic carbocycles. The number of halogens is 1. The largest absolute Gasteiger partial charge is 0.226 e. The van der Waals surface area contributed by atoms with Crippen molar-refractivity contribution in [1.82, 2.24) is 9.97 Å². The summed E-state index contributed by atoms with van der Waals surface area (Å²) in [7, 11) is 0. The molecule has 2 nitrogen and oxygen atoms in total. The van der Waals surface area contributed by atoms with E-state index in [0.717, 1.165) is 16.1 Å². The number of aromatic nitrogens is 2. The fraction of sp³-hybridized carbons (Fsp3) is 0.111. The van der Waals surface area contributed by atoms with Gasteiger partial charge in [-0.1, -0.05) is 6.07 Å². The van der Waals surface area contributed by atoms with Gasteiger partial charge >= 0.3 is 0 Å². The van der Waals surface area contributed by atoms with Crippen molar-refractivity contribution in [3.63, 3.8) is 0 Å². The van der Waals surface area contributed by atoms with E-state index in [4.69, 9.17) is 11.6 Å². The molecule has 0 radical (unpaired) electrons. The van der Waals surface area contributed by atoms with Gasteiger partial charge in [-0.05, 0) is 35.5 Å². The van der Waals surface area contributed by atoms with Crippen molar-refractivity contribution in [2.24, 2.45) is 0 Å². The molecule has 0 atom stereocenters. The van der Waals surface area contributed by atoms with Crippen molar-refractivity contribution >= 4 is 22.9 Å². The summed E-state index contributed by atoms with van der Waals surface area (Å²) in [4.78, 5) is 9.21. The fourth-order valence-corrected chi connectivity index (χ4v) is 2.00. The van der Waals surface area contributed by atoms with Crippen molar-refractivity contribution < 1.29 is 0 Å². The predicted octanol–water partition coefficient (Wildman–Crippen LogP) is 3.17. The van der Waals surface area contributed by atoms with E-state index in [1.54, 1.807) is 17.5 Å². The van der Waals surface area contributed by atoms with Crippen LogP contribution >= 0.6 is 22.9 Å². The van der Waals surface area contributed by atoms with E-state index >= 15 is 0 Å². The molecule has 66 valence electrons. The summed E-state index contributed by atoms with van der Waals surface area (Å²) >= 11 is 7.37. The van der Waals surface area contributed by atoms with E-state index in [2.05, 4.69) is 9.97 Å². The lowest BCUT2D eigenvalue weighted by Gasteiger charge is -2.00. The summed E-state index contributed by atoms with van der Waals surface area (Å²) in [6, 6.07) is 4.02. The highest BCUT2D eigenvalue weighted by atomic mass is 35.5. The van der Waals surface area contributed by atoms with E-state index in [1.165, 1.54) is 0 Å². The molecule has 0 spiro atoms. The number of aryl methyl sites for hydroxylation is 1. The summed E-state index contributed by atoms with van der Waals surface area (Å²) in [6.45, 7) is 1.98. The van der Waals surface area contributed by atoms with Crippen LogP contribution in [0.15, 0.2) is 23.7 Å². The Kier molecular flexibility index (Phi) is 2.29. The van der Waals surface area contributed by atoms with Gasteiger partial charge in [-0.15, -0.1) is 11.3 Å². The first-order valence-corrected chi connectivity index (χ1v) is 5.06. The first kappa shape index (κ1) is 8.66. The molecule has 0 N–H and O–H groups in total. The molecule has 0 aliphatic heterocycles. The lowest BCUT2D eigenvalue weighted by atomic mass is 10.2. The Labute approximate surface area is 85.2 Å². The molecule has 0 aromatic carbocycles. The second-order valence-corrected chi connectivity index (χ2v) is 3.93. The lowest BCUT2D eigenvalue weighted by molar-refractivity contribution is 1.14. The average Bonchev–Trinajstić information content (AvgIpc) is 2.61. The van der Waals surface area contributed by atoms with Gasteiger partial charge in [-0.2, -0.15) is 0 Å². The highest BCUT2D eigenvalue weighted by Gasteiger charge is 2.05. The molecule has 0 unspecified atom stereocenters. The van der Waals surface area contributed by atoms with Gasteiger partial charge in [0.2, 0.25) is 5.28 Å². The summed E-state index contributed by atoms with van der Waals surface area (Å²) in [6.07, 6.45) is 1.74. The topological polar surface area (TPSA) is 25.8 Å². The quantitative estimate of drug-likeness (QED) is 0.676. The summed E-state index contributed by atoms with van der Waals surface area (Å²) in [5.74, 6) is 0. The van der Waals surface area contributed by atoms with E-state index in [0.29, 0.717) is 5.28 Å². The van der Waals surface area contributed by atoms with E-state index < -0.39 is 0 Å². The highest BCUT2D eigenvalue weighted by Crippen LogP contribution is 2.25. The van der Waals surface area contributed by atoms with Crippen LogP contribution in [0.2, 0.25) is 5.28 Å². The third-order valence-electron chi connectivity index (χ3n) is 1.70. The molecule has 0 saturated carbocycles. The summed E-state index contributed by atoms with van der Waals surface area (Å²) in [5.41, 5.74) is 1.97. The van der Waals surface area contributed by atoms with E-state index in [1.807, 2.05) is 24.4 Å². The van der Waals surface area contributed by atoms with Gasteiger partial charge in [0.15, 0.2) is 0 Å². The molecule has 2 aromatic heterocycles. The minimum absolute atomic E-state index is 0.300. The molecule has 4 heteroatoms. The van der Waals surface area contributed by atoms with Crippen molar-refractivity contribution in [3.8, 4) is 10.6 Å². The Morgan fingerprint density at radius 2 is 2.31 bits per heavy atom.